The molecule has 5 nitrogen and oxygen atoms in total. The Balaban J connectivity index is 1.92. The summed E-state index contributed by atoms with van der Waals surface area (Å²) in [6, 6.07) is 5.28. The van der Waals surface area contributed by atoms with E-state index in [0.717, 1.165) is 5.69 Å². The van der Waals surface area contributed by atoms with Crippen molar-refractivity contribution in [3.05, 3.63) is 30.1 Å². The van der Waals surface area contributed by atoms with Gasteiger partial charge in [0.1, 0.15) is 6.04 Å². The molecule has 2 heterocycles. The fourth-order valence-electron chi connectivity index (χ4n) is 2.18. The van der Waals surface area contributed by atoms with Gasteiger partial charge in [-0.1, -0.05) is 6.07 Å². The molecule has 0 aromatic carbocycles. The summed E-state index contributed by atoms with van der Waals surface area (Å²) in [6.45, 7) is 2.62. The van der Waals surface area contributed by atoms with E-state index in [2.05, 4.69) is 4.98 Å². The van der Waals surface area contributed by atoms with Gasteiger partial charge in [0, 0.05) is 25.0 Å². The molecule has 2 rings (SSSR count). The number of carboxylic acid groups (broad SMARTS) is 1. The molecule has 1 aromatic heterocycles. The number of aliphatic carboxylic acids is 1. The van der Waals surface area contributed by atoms with E-state index in [9.17, 15) is 9.90 Å². The van der Waals surface area contributed by atoms with Gasteiger partial charge in [-0.15, -0.1) is 0 Å². The molecular formula is C13H18N2O3. The van der Waals surface area contributed by atoms with Crippen molar-refractivity contribution in [2.24, 2.45) is 0 Å². The van der Waals surface area contributed by atoms with E-state index in [-0.39, 0.29) is 0 Å². The number of hydrogen-bond acceptors (Lipinski definition) is 4. The van der Waals surface area contributed by atoms with Gasteiger partial charge in [0.2, 0.25) is 0 Å². The first-order valence-electron chi connectivity index (χ1n) is 6.22. The van der Waals surface area contributed by atoms with E-state index in [1.807, 2.05) is 23.1 Å². The highest BCUT2D eigenvalue weighted by molar-refractivity contribution is 5.73. The summed E-state index contributed by atoms with van der Waals surface area (Å²) in [4.78, 5) is 17.5. The molecule has 1 N–H and O–H groups in total. The average molecular weight is 250 g/mol. The van der Waals surface area contributed by atoms with Crippen molar-refractivity contribution in [2.75, 3.05) is 26.3 Å². The van der Waals surface area contributed by atoms with Gasteiger partial charge in [0.05, 0.1) is 13.2 Å². The molecule has 1 aromatic rings. The fourth-order valence-corrected chi connectivity index (χ4v) is 2.18. The van der Waals surface area contributed by atoms with E-state index < -0.39 is 12.0 Å². The number of aryl methyl sites for hydroxylation is 1. The maximum absolute atomic E-state index is 11.3. The van der Waals surface area contributed by atoms with E-state index in [1.54, 1.807) is 6.20 Å². The Morgan fingerprint density at radius 1 is 1.44 bits per heavy atom. The number of hydrogen-bond donors (Lipinski definition) is 1. The first-order valence-corrected chi connectivity index (χ1v) is 6.22. The second-order valence-corrected chi connectivity index (χ2v) is 4.36. The first-order chi connectivity index (χ1) is 8.77. The Morgan fingerprint density at radius 3 is 2.83 bits per heavy atom. The highest BCUT2D eigenvalue weighted by atomic mass is 16.5. The predicted octanol–water partition coefficient (Wildman–Crippen LogP) is 0.800. The van der Waals surface area contributed by atoms with Gasteiger partial charge < -0.3 is 9.84 Å². The highest BCUT2D eigenvalue weighted by Crippen LogP contribution is 2.11. The Kier molecular flexibility index (Phi) is 4.66. The van der Waals surface area contributed by atoms with Crippen molar-refractivity contribution in [3.8, 4) is 0 Å². The van der Waals surface area contributed by atoms with Crippen LogP contribution in [0.25, 0.3) is 0 Å². The topological polar surface area (TPSA) is 62.7 Å². The second kappa shape index (κ2) is 6.47. The normalized spacial score (nSPS) is 18.4. The largest absolute Gasteiger partial charge is 0.480 e. The van der Waals surface area contributed by atoms with Crippen LogP contribution in [0.3, 0.4) is 0 Å². The molecular weight excluding hydrogens is 232 g/mol. The molecule has 0 bridgehead atoms. The number of aromatic nitrogens is 1. The third kappa shape index (κ3) is 3.51. The van der Waals surface area contributed by atoms with E-state index >= 15 is 0 Å². The van der Waals surface area contributed by atoms with E-state index in [0.29, 0.717) is 39.1 Å². The van der Waals surface area contributed by atoms with Crippen LogP contribution in [0.4, 0.5) is 0 Å². The molecule has 0 saturated carbocycles. The second-order valence-electron chi connectivity index (χ2n) is 4.36. The van der Waals surface area contributed by atoms with E-state index in [1.165, 1.54) is 0 Å². The van der Waals surface area contributed by atoms with Crippen LogP contribution >= 0.6 is 0 Å². The lowest BCUT2D eigenvalue weighted by Gasteiger charge is -2.31. The number of carbonyl (C=O) groups is 1. The molecule has 1 saturated heterocycles. The number of nitrogens with zero attached hydrogens (tertiary/aromatic N) is 2. The SMILES string of the molecule is O=C(O)C(CCc1ccccn1)N1CCOCC1. The van der Waals surface area contributed by atoms with Crippen molar-refractivity contribution >= 4 is 5.97 Å². The molecule has 1 atom stereocenters. The summed E-state index contributed by atoms with van der Waals surface area (Å²) in [6.07, 6.45) is 3.02. The van der Waals surface area contributed by atoms with Crippen LogP contribution in [0.5, 0.6) is 0 Å². The van der Waals surface area contributed by atoms with Crippen LogP contribution < -0.4 is 0 Å². The van der Waals surface area contributed by atoms with Crippen LogP contribution in [-0.2, 0) is 16.0 Å². The minimum Gasteiger partial charge on any atom is -0.480 e. The first kappa shape index (κ1) is 13.0. The fraction of sp³-hybridized carbons (Fsp3) is 0.538. The Hall–Kier alpha value is -1.46. The zero-order valence-electron chi connectivity index (χ0n) is 10.3. The van der Waals surface area contributed by atoms with Gasteiger partial charge >= 0.3 is 5.97 Å². The quantitative estimate of drug-likeness (QED) is 0.837. The molecule has 1 unspecified atom stereocenters. The number of rotatable bonds is 5. The third-order valence-corrected chi connectivity index (χ3v) is 3.17. The summed E-state index contributed by atoms with van der Waals surface area (Å²) < 4.78 is 5.25. The number of carboxylic acids is 1. The summed E-state index contributed by atoms with van der Waals surface area (Å²) in [7, 11) is 0. The highest BCUT2D eigenvalue weighted by Gasteiger charge is 2.26. The summed E-state index contributed by atoms with van der Waals surface area (Å²) in [5.41, 5.74) is 0.942. The number of morpholine rings is 1. The molecule has 1 fully saturated rings. The van der Waals surface area contributed by atoms with Crippen molar-refractivity contribution in [1.82, 2.24) is 9.88 Å². The molecule has 98 valence electrons. The van der Waals surface area contributed by atoms with Gasteiger partial charge in [0.25, 0.3) is 0 Å². The van der Waals surface area contributed by atoms with Gasteiger partial charge in [-0.3, -0.25) is 14.7 Å². The molecule has 0 aliphatic carbocycles. The molecule has 18 heavy (non-hydrogen) atoms. The molecule has 0 spiro atoms. The summed E-state index contributed by atoms with van der Waals surface area (Å²) in [5, 5.41) is 9.30. The van der Waals surface area contributed by atoms with Crippen LogP contribution in [0.15, 0.2) is 24.4 Å². The van der Waals surface area contributed by atoms with Gasteiger partial charge in [0.15, 0.2) is 0 Å². The zero-order chi connectivity index (χ0) is 12.8. The van der Waals surface area contributed by atoms with E-state index in [4.69, 9.17) is 4.74 Å². The minimum absolute atomic E-state index is 0.434. The molecule has 1 aliphatic rings. The standard InChI is InChI=1S/C13H18N2O3/c16-13(17)12(15-7-9-18-10-8-15)5-4-11-3-1-2-6-14-11/h1-3,6,12H,4-5,7-10H2,(H,16,17). The van der Waals surface area contributed by atoms with Crippen molar-refractivity contribution in [2.45, 2.75) is 18.9 Å². The van der Waals surface area contributed by atoms with Crippen LogP contribution in [0, 0.1) is 0 Å². The Labute approximate surface area is 106 Å². The molecule has 0 radical (unpaired) electrons. The molecule has 0 amide bonds. The summed E-state index contributed by atoms with van der Waals surface area (Å²) >= 11 is 0. The minimum atomic E-state index is -0.757. The van der Waals surface area contributed by atoms with Gasteiger partial charge in [-0.25, -0.2) is 0 Å². The predicted molar refractivity (Wildman–Crippen MR) is 66.4 cm³/mol. The lowest BCUT2D eigenvalue weighted by molar-refractivity contribution is -0.145. The van der Waals surface area contributed by atoms with Crippen molar-refractivity contribution < 1.29 is 14.6 Å². The third-order valence-electron chi connectivity index (χ3n) is 3.17. The maximum atomic E-state index is 11.3. The zero-order valence-corrected chi connectivity index (χ0v) is 10.3. The van der Waals surface area contributed by atoms with Crippen molar-refractivity contribution in [1.29, 1.82) is 0 Å². The van der Waals surface area contributed by atoms with Crippen molar-refractivity contribution in [3.63, 3.8) is 0 Å². The lowest BCUT2D eigenvalue weighted by atomic mass is 10.1. The maximum Gasteiger partial charge on any atom is 0.320 e. The summed E-state index contributed by atoms with van der Waals surface area (Å²) in [5.74, 6) is -0.757. The average Bonchev–Trinajstić information content (AvgIpc) is 2.41. The number of pyridine rings is 1. The lowest BCUT2D eigenvalue weighted by Crippen LogP contribution is -2.47. The van der Waals surface area contributed by atoms with Crippen LogP contribution in [0.2, 0.25) is 0 Å². The smallest absolute Gasteiger partial charge is 0.320 e. The van der Waals surface area contributed by atoms with Crippen LogP contribution in [-0.4, -0.2) is 53.3 Å². The number of ether oxygens (including phenoxy) is 1. The Morgan fingerprint density at radius 2 is 2.22 bits per heavy atom. The van der Waals surface area contributed by atoms with Crippen LogP contribution in [0.1, 0.15) is 12.1 Å². The van der Waals surface area contributed by atoms with Gasteiger partial charge in [-0.05, 0) is 25.0 Å². The monoisotopic (exact) mass is 250 g/mol. The Bertz CT molecular complexity index is 377. The molecule has 1 aliphatic heterocycles. The molecule has 5 heteroatoms. The van der Waals surface area contributed by atoms with Gasteiger partial charge in [-0.2, -0.15) is 0 Å².